The van der Waals surface area contributed by atoms with Crippen LogP contribution in [-0.2, 0) is 21.4 Å². The molecule has 2 fully saturated rings. The largest absolute Gasteiger partial charge is 0.495 e. The molecule has 7 heteroatoms. The smallest absolute Gasteiger partial charge is 0.247 e. The van der Waals surface area contributed by atoms with E-state index in [1.165, 1.54) is 20.5 Å². The number of carbonyl (C=O) groups is 1. The first-order valence-electron chi connectivity index (χ1n) is 8.36. The number of sulfonamides is 1. The van der Waals surface area contributed by atoms with E-state index < -0.39 is 10.0 Å². The molecule has 6 nitrogen and oxygen atoms in total. The summed E-state index contributed by atoms with van der Waals surface area (Å²) < 4.78 is 33.1. The Kier molecular flexibility index (Phi) is 4.83. The quantitative estimate of drug-likeness (QED) is 0.878. The second kappa shape index (κ2) is 6.72. The van der Waals surface area contributed by atoms with E-state index in [0.717, 1.165) is 24.8 Å². The Morgan fingerprint density at radius 2 is 2.08 bits per heavy atom. The fourth-order valence-corrected chi connectivity index (χ4v) is 5.65. The molecule has 0 radical (unpaired) electrons. The first-order valence-corrected chi connectivity index (χ1v) is 9.80. The van der Waals surface area contributed by atoms with Gasteiger partial charge in [-0.2, -0.15) is 4.31 Å². The van der Waals surface area contributed by atoms with Crippen molar-refractivity contribution in [1.82, 2.24) is 9.62 Å². The Labute approximate surface area is 143 Å². The zero-order valence-corrected chi connectivity index (χ0v) is 14.9. The normalized spacial score (nSPS) is 23.9. The highest BCUT2D eigenvalue weighted by Crippen LogP contribution is 2.42. The van der Waals surface area contributed by atoms with Crippen LogP contribution in [0.15, 0.2) is 23.1 Å². The Morgan fingerprint density at radius 3 is 2.75 bits per heavy atom. The van der Waals surface area contributed by atoms with Gasteiger partial charge in [0.2, 0.25) is 15.9 Å². The number of hydrogen-bond acceptors (Lipinski definition) is 4. The van der Waals surface area contributed by atoms with Gasteiger partial charge in [-0.05, 0) is 36.5 Å². The van der Waals surface area contributed by atoms with E-state index in [1.807, 2.05) is 0 Å². The van der Waals surface area contributed by atoms with Crippen LogP contribution in [0, 0.1) is 5.92 Å². The number of ether oxygens (including phenoxy) is 1. The molecule has 1 aliphatic carbocycles. The van der Waals surface area contributed by atoms with Crippen LogP contribution in [0.3, 0.4) is 0 Å². The maximum atomic E-state index is 13.1. The van der Waals surface area contributed by atoms with Crippen LogP contribution < -0.4 is 10.1 Å². The molecule has 132 valence electrons. The lowest BCUT2D eigenvalue weighted by Gasteiger charge is -2.49. The molecule has 1 saturated carbocycles. The van der Waals surface area contributed by atoms with Crippen LogP contribution in [0.25, 0.3) is 0 Å². The van der Waals surface area contributed by atoms with Gasteiger partial charge in [-0.15, -0.1) is 0 Å². The molecule has 24 heavy (non-hydrogen) atoms. The number of benzene rings is 1. The number of amides is 1. The second-order valence-electron chi connectivity index (χ2n) is 6.58. The summed E-state index contributed by atoms with van der Waals surface area (Å²) in [7, 11) is -2.11. The van der Waals surface area contributed by atoms with Crippen molar-refractivity contribution < 1.29 is 17.9 Å². The Hall–Kier alpha value is -1.60. The van der Waals surface area contributed by atoms with Gasteiger partial charge in [0.05, 0.1) is 7.11 Å². The number of methoxy groups -OCH3 is 1. The number of carbonyl (C=O) groups excluding carboxylic acids is 1. The van der Waals surface area contributed by atoms with Crippen molar-refractivity contribution in [2.24, 2.45) is 5.92 Å². The molecule has 3 rings (SSSR count). The summed E-state index contributed by atoms with van der Waals surface area (Å²) in [6, 6.07) is 5.17. The lowest BCUT2D eigenvalue weighted by Crippen LogP contribution is -2.59. The van der Waals surface area contributed by atoms with E-state index in [9.17, 15) is 13.2 Å². The van der Waals surface area contributed by atoms with E-state index >= 15 is 0 Å². The number of nitrogens with zero attached hydrogens (tertiary/aromatic N) is 1. The summed E-state index contributed by atoms with van der Waals surface area (Å²) >= 11 is 0. The Balaban J connectivity index is 1.88. The monoisotopic (exact) mass is 352 g/mol. The molecule has 1 aromatic rings. The predicted molar refractivity (Wildman–Crippen MR) is 90.2 cm³/mol. The maximum absolute atomic E-state index is 13.1. The molecule has 0 aromatic heterocycles. The van der Waals surface area contributed by atoms with Crippen molar-refractivity contribution in [2.75, 3.05) is 13.7 Å². The van der Waals surface area contributed by atoms with E-state index in [0.29, 0.717) is 24.8 Å². The first-order chi connectivity index (χ1) is 11.4. The van der Waals surface area contributed by atoms with Crippen LogP contribution in [0.5, 0.6) is 5.75 Å². The van der Waals surface area contributed by atoms with Crippen molar-refractivity contribution in [2.45, 2.75) is 50.1 Å². The summed E-state index contributed by atoms with van der Waals surface area (Å²) in [6.07, 6.45) is 4.35. The van der Waals surface area contributed by atoms with Crippen LogP contribution in [0.4, 0.5) is 0 Å². The molecular formula is C17H24N2O4S. The molecule has 1 N–H and O–H groups in total. The number of nitrogens with one attached hydrogen (secondary N) is 1. The lowest BCUT2D eigenvalue weighted by atomic mass is 9.79. The summed E-state index contributed by atoms with van der Waals surface area (Å²) in [5, 5.41) is 2.69. The zero-order chi connectivity index (χ0) is 17.3. The highest BCUT2D eigenvalue weighted by Gasteiger charge is 2.47. The van der Waals surface area contributed by atoms with Gasteiger partial charge in [-0.3, -0.25) is 4.79 Å². The van der Waals surface area contributed by atoms with E-state index in [4.69, 9.17) is 4.74 Å². The van der Waals surface area contributed by atoms with Crippen molar-refractivity contribution in [3.05, 3.63) is 23.8 Å². The zero-order valence-electron chi connectivity index (χ0n) is 14.1. The standard InChI is InChI=1S/C17H24N2O4S/c1-12(20)18-10-13-7-8-16(23-2)17(9-13)24(21,22)19-11-14-5-3-4-6-15(14)19/h7-9,14-15H,3-6,10-11H2,1-2H3,(H,18,20)/t14-,15-/m1/s1. The minimum atomic E-state index is -3.58. The predicted octanol–water partition coefficient (Wildman–Crippen LogP) is 1.89. The average Bonchev–Trinajstić information content (AvgIpc) is 2.53. The highest BCUT2D eigenvalue weighted by atomic mass is 32.2. The van der Waals surface area contributed by atoms with Gasteiger partial charge < -0.3 is 10.1 Å². The molecule has 1 saturated heterocycles. The molecule has 1 aliphatic heterocycles. The van der Waals surface area contributed by atoms with E-state index in [1.54, 1.807) is 22.5 Å². The fraction of sp³-hybridized carbons (Fsp3) is 0.588. The van der Waals surface area contributed by atoms with Gasteiger partial charge in [0.25, 0.3) is 0 Å². The SMILES string of the molecule is COc1ccc(CNC(C)=O)cc1S(=O)(=O)N1C[C@H]2CCCC[C@H]21. The van der Waals surface area contributed by atoms with Gasteiger partial charge in [0, 0.05) is 26.1 Å². The summed E-state index contributed by atoms with van der Waals surface area (Å²) in [4.78, 5) is 11.3. The van der Waals surface area contributed by atoms with Crippen molar-refractivity contribution in [1.29, 1.82) is 0 Å². The molecular weight excluding hydrogens is 328 g/mol. The van der Waals surface area contributed by atoms with Gasteiger partial charge >= 0.3 is 0 Å². The summed E-state index contributed by atoms with van der Waals surface area (Å²) in [6.45, 7) is 2.34. The van der Waals surface area contributed by atoms with Crippen LogP contribution in [0.2, 0.25) is 0 Å². The van der Waals surface area contributed by atoms with Gasteiger partial charge in [-0.25, -0.2) is 8.42 Å². The second-order valence-corrected chi connectivity index (χ2v) is 8.44. The van der Waals surface area contributed by atoms with Crippen LogP contribution in [0.1, 0.15) is 38.2 Å². The number of rotatable bonds is 5. The fourth-order valence-electron chi connectivity index (χ4n) is 3.67. The minimum Gasteiger partial charge on any atom is -0.495 e. The summed E-state index contributed by atoms with van der Waals surface area (Å²) in [5.41, 5.74) is 0.741. The lowest BCUT2D eigenvalue weighted by molar-refractivity contribution is -0.119. The highest BCUT2D eigenvalue weighted by molar-refractivity contribution is 7.89. The minimum absolute atomic E-state index is 0.132. The third kappa shape index (κ3) is 3.15. The molecule has 2 aliphatic rings. The summed E-state index contributed by atoms with van der Waals surface area (Å²) in [5.74, 6) is 0.700. The van der Waals surface area contributed by atoms with Crippen molar-refractivity contribution >= 4 is 15.9 Å². The molecule has 1 aromatic carbocycles. The Morgan fingerprint density at radius 1 is 1.33 bits per heavy atom. The Bertz CT molecular complexity index is 732. The van der Waals surface area contributed by atoms with Crippen molar-refractivity contribution in [3.8, 4) is 5.75 Å². The molecule has 2 atom stereocenters. The molecule has 0 unspecified atom stereocenters. The average molecular weight is 352 g/mol. The van der Waals surface area contributed by atoms with Gasteiger partial charge in [0.15, 0.2) is 0 Å². The van der Waals surface area contributed by atoms with Crippen LogP contribution in [-0.4, -0.2) is 38.3 Å². The van der Waals surface area contributed by atoms with E-state index in [2.05, 4.69) is 5.32 Å². The van der Waals surface area contributed by atoms with Gasteiger partial charge in [-0.1, -0.05) is 18.9 Å². The van der Waals surface area contributed by atoms with Gasteiger partial charge in [0.1, 0.15) is 10.6 Å². The maximum Gasteiger partial charge on any atom is 0.247 e. The first kappa shape index (κ1) is 17.2. The third-order valence-electron chi connectivity index (χ3n) is 5.01. The molecule has 0 bridgehead atoms. The molecule has 1 heterocycles. The van der Waals surface area contributed by atoms with Crippen LogP contribution >= 0.6 is 0 Å². The third-order valence-corrected chi connectivity index (χ3v) is 6.92. The van der Waals surface area contributed by atoms with E-state index in [-0.39, 0.29) is 16.8 Å². The van der Waals surface area contributed by atoms with Crippen molar-refractivity contribution in [3.63, 3.8) is 0 Å². The topological polar surface area (TPSA) is 75.7 Å². The molecule has 1 amide bonds. The number of fused-ring (bicyclic) bond motifs is 1. The molecule has 0 spiro atoms. The number of hydrogen-bond donors (Lipinski definition) is 1.